The quantitative estimate of drug-likeness (QED) is 0.164. The van der Waals surface area contributed by atoms with Gasteiger partial charge in [-0.05, 0) is 101 Å². The number of rotatable bonds is 6. The second-order valence-corrected chi connectivity index (χ2v) is 13.3. The molecule has 0 saturated carbocycles. The van der Waals surface area contributed by atoms with Gasteiger partial charge in [0.05, 0.1) is 17.6 Å². The Morgan fingerprint density at radius 3 is 1.72 bits per heavy atom. The Labute approximate surface area is 306 Å². The average Bonchev–Trinajstić information content (AvgIpc) is 3.77. The van der Waals surface area contributed by atoms with Crippen molar-refractivity contribution in [2.24, 2.45) is 0 Å². The van der Waals surface area contributed by atoms with E-state index in [0.717, 1.165) is 66.8 Å². The third-order valence-corrected chi connectivity index (χ3v) is 10.2. The lowest BCUT2D eigenvalue weighted by atomic mass is 10.0. The van der Waals surface area contributed by atoms with Crippen LogP contribution < -0.4 is 4.90 Å². The lowest BCUT2D eigenvalue weighted by molar-refractivity contribution is 0.669. The zero-order chi connectivity index (χ0) is 35.3. The zero-order valence-electron chi connectivity index (χ0n) is 28.6. The first-order valence-electron chi connectivity index (χ1n) is 17.7. The standard InChI is InChI=1S/C49H31N3O/c1-50-37-20-26-40(27-21-37)52-46-13-7-5-11-42(46)44-31-36(19-29-47(44)52)35-17-24-39(25-18-35)51(38-22-15-34(16-23-38)33-9-3-2-4-10-33)41-28-30-49-45(32-41)43-12-6-8-14-48(43)53-49/h2-32H. The number of furan rings is 1. The first-order valence-corrected chi connectivity index (χ1v) is 17.7. The van der Waals surface area contributed by atoms with Gasteiger partial charge >= 0.3 is 0 Å². The maximum absolute atomic E-state index is 7.38. The van der Waals surface area contributed by atoms with E-state index in [1.165, 1.54) is 21.9 Å². The van der Waals surface area contributed by atoms with Crippen LogP contribution in [0.3, 0.4) is 0 Å². The molecule has 0 fully saturated rings. The molecule has 0 atom stereocenters. The summed E-state index contributed by atoms with van der Waals surface area (Å²) in [5.41, 5.74) is 13.6. The van der Waals surface area contributed by atoms with E-state index in [4.69, 9.17) is 11.0 Å². The molecule has 0 amide bonds. The second-order valence-electron chi connectivity index (χ2n) is 13.3. The van der Waals surface area contributed by atoms with Crippen molar-refractivity contribution in [2.75, 3.05) is 4.90 Å². The Hall–Kier alpha value is -7.35. The number of anilines is 3. The van der Waals surface area contributed by atoms with E-state index in [9.17, 15) is 0 Å². The van der Waals surface area contributed by atoms with E-state index in [1.54, 1.807) is 0 Å². The number of fused-ring (bicyclic) bond motifs is 6. The Morgan fingerprint density at radius 1 is 0.415 bits per heavy atom. The largest absolute Gasteiger partial charge is 0.456 e. The van der Waals surface area contributed by atoms with Crippen molar-refractivity contribution in [1.29, 1.82) is 0 Å². The van der Waals surface area contributed by atoms with Crippen LogP contribution in [0.15, 0.2) is 192 Å². The van der Waals surface area contributed by atoms with Crippen LogP contribution in [-0.4, -0.2) is 4.57 Å². The first kappa shape index (κ1) is 30.5. The van der Waals surface area contributed by atoms with Gasteiger partial charge < -0.3 is 13.9 Å². The molecule has 0 aliphatic carbocycles. The summed E-state index contributed by atoms with van der Waals surface area (Å²) in [5.74, 6) is 0. The number of hydrogen-bond acceptors (Lipinski definition) is 2. The highest BCUT2D eigenvalue weighted by atomic mass is 16.3. The molecule has 0 radical (unpaired) electrons. The van der Waals surface area contributed by atoms with E-state index in [1.807, 2.05) is 42.5 Å². The number of aromatic nitrogens is 1. The fourth-order valence-electron chi connectivity index (χ4n) is 7.64. The van der Waals surface area contributed by atoms with Crippen molar-refractivity contribution >= 4 is 66.5 Å². The maximum Gasteiger partial charge on any atom is 0.187 e. The summed E-state index contributed by atoms with van der Waals surface area (Å²) >= 11 is 0. The van der Waals surface area contributed by atoms with Crippen molar-refractivity contribution in [2.45, 2.75) is 0 Å². The van der Waals surface area contributed by atoms with Gasteiger partial charge in [0, 0.05) is 44.3 Å². The summed E-state index contributed by atoms with van der Waals surface area (Å²) in [6.45, 7) is 7.38. The molecule has 0 bridgehead atoms. The molecule has 0 aliphatic rings. The predicted molar refractivity (Wildman–Crippen MR) is 220 cm³/mol. The van der Waals surface area contributed by atoms with Crippen LogP contribution in [0.4, 0.5) is 22.7 Å². The van der Waals surface area contributed by atoms with E-state index >= 15 is 0 Å². The third-order valence-electron chi connectivity index (χ3n) is 10.2. The number of nitrogens with zero attached hydrogens (tertiary/aromatic N) is 3. The molecule has 8 aromatic carbocycles. The topological polar surface area (TPSA) is 25.7 Å². The van der Waals surface area contributed by atoms with Crippen molar-refractivity contribution in [1.82, 2.24) is 4.57 Å². The van der Waals surface area contributed by atoms with Crippen molar-refractivity contribution in [3.8, 4) is 27.9 Å². The van der Waals surface area contributed by atoms with Crippen molar-refractivity contribution < 1.29 is 4.42 Å². The van der Waals surface area contributed by atoms with E-state index in [-0.39, 0.29) is 0 Å². The molecule has 0 aliphatic heterocycles. The lowest BCUT2D eigenvalue weighted by Gasteiger charge is -2.26. The third kappa shape index (κ3) is 5.23. The van der Waals surface area contributed by atoms with Gasteiger partial charge in [-0.3, -0.25) is 0 Å². The predicted octanol–water partition coefficient (Wildman–Crippen LogP) is 14.0. The Bertz CT molecular complexity index is 2980. The fourth-order valence-corrected chi connectivity index (χ4v) is 7.64. The SMILES string of the molecule is [C-]#[N+]c1ccc(-n2c3ccccc3c3cc(-c4ccc(N(c5ccc(-c6ccccc6)cc5)c5ccc6oc7ccccc7c6c5)cc4)ccc32)cc1. The van der Waals surface area contributed by atoms with Crippen LogP contribution in [-0.2, 0) is 0 Å². The van der Waals surface area contributed by atoms with Gasteiger partial charge in [-0.1, -0.05) is 109 Å². The van der Waals surface area contributed by atoms with Crippen LogP contribution >= 0.6 is 0 Å². The lowest BCUT2D eigenvalue weighted by Crippen LogP contribution is -2.09. The van der Waals surface area contributed by atoms with Crippen LogP contribution in [0.2, 0.25) is 0 Å². The summed E-state index contributed by atoms with van der Waals surface area (Å²) in [4.78, 5) is 5.90. The molecule has 248 valence electrons. The molecule has 0 unspecified atom stereocenters. The smallest absolute Gasteiger partial charge is 0.187 e. The minimum atomic E-state index is 0.638. The van der Waals surface area contributed by atoms with Crippen molar-refractivity contribution in [3.63, 3.8) is 0 Å². The van der Waals surface area contributed by atoms with E-state index < -0.39 is 0 Å². The summed E-state index contributed by atoms with van der Waals surface area (Å²) < 4.78 is 8.47. The summed E-state index contributed by atoms with van der Waals surface area (Å²) in [5, 5.41) is 4.59. The molecule has 10 aromatic rings. The Balaban J connectivity index is 1.07. The minimum absolute atomic E-state index is 0.638. The van der Waals surface area contributed by atoms with Crippen LogP contribution in [0.1, 0.15) is 0 Å². The first-order chi connectivity index (χ1) is 26.2. The van der Waals surface area contributed by atoms with E-state index in [0.29, 0.717) is 5.69 Å². The van der Waals surface area contributed by atoms with Gasteiger partial charge in [-0.25, -0.2) is 4.85 Å². The molecule has 2 heterocycles. The molecule has 0 saturated heterocycles. The van der Waals surface area contributed by atoms with E-state index in [2.05, 4.69) is 160 Å². The average molecular weight is 678 g/mol. The summed E-state index contributed by atoms with van der Waals surface area (Å²) in [6.07, 6.45) is 0. The maximum atomic E-state index is 7.38. The summed E-state index contributed by atoms with van der Waals surface area (Å²) in [7, 11) is 0. The molecule has 4 nitrogen and oxygen atoms in total. The monoisotopic (exact) mass is 677 g/mol. The Kier molecular flexibility index (Phi) is 7.16. The molecule has 10 rings (SSSR count). The van der Waals surface area contributed by atoms with Crippen LogP contribution in [0, 0.1) is 6.57 Å². The molecular weight excluding hydrogens is 647 g/mol. The fraction of sp³-hybridized carbons (Fsp3) is 0. The van der Waals surface area contributed by atoms with Crippen LogP contribution in [0.5, 0.6) is 0 Å². The molecule has 2 aromatic heterocycles. The number of benzene rings is 8. The van der Waals surface area contributed by atoms with Gasteiger partial charge in [0.15, 0.2) is 5.69 Å². The second kappa shape index (κ2) is 12.5. The molecule has 0 spiro atoms. The van der Waals surface area contributed by atoms with Gasteiger partial charge in [0.1, 0.15) is 11.2 Å². The van der Waals surface area contributed by atoms with Gasteiger partial charge in [-0.15, -0.1) is 0 Å². The minimum Gasteiger partial charge on any atom is -0.456 e. The van der Waals surface area contributed by atoms with Gasteiger partial charge in [0.25, 0.3) is 0 Å². The zero-order valence-corrected chi connectivity index (χ0v) is 28.6. The molecular formula is C49H31N3O. The highest BCUT2D eigenvalue weighted by molar-refractivity contribution is 6.10. The molecule has 53 heavy (non-hydrogen) atoms. The molecule has 4 heteroatoms. The highest BCUT2D eigenvalue weighted by Gasteiger charge is 2.17. The normalized spacial score (nSPS) is 11.4. The van der Waals surface area contributed by atoms with Crippen LogP contribution in [0.25, 0.3) is 76.5 Å². The number of para-hydroxylation sites is 2. The van der Waals surface area contributed by atoms with Gasteiger partial charge in [0.2, 0.25) is 0 Å². The van der Waals surface area contributed by atoms with Gasteiger partial charge in [-0.2, -0.15) is 0 Å². The molecule has 0 N–H and O–H groups in total. The highest BCUT2D eigenvalue weighted by Crippen LogP contribution is 2.41. The number of hydrogen-bond donors (Lipinski definition) is 0. The Morgan fingerprint density at radius 2 is 0.981 bits per heavy atom. The van der Waals surface area contributed by atoms with Crippen molar-refractivity contribution in [3.05, 3.63) is 199 Å². The summed E-state index contributed by atoms with van der Waals surface area (Å²) in [6, 6.07) is 65.9.